The number of anilines is 1. The Labute approximate surface area is 175 Å². The third-order valence-corrected chi connectivity index (χ3v) is 6.92. The van der Waals surface area contributed by atoms with Gasteiger partial charge in [-0.25, -0.2) is 27.6 Å². The first-order chi connectivity index (χ1) is 13.6. The summed E-state index contributed by atoms with van der Waals surface area (Å²) >= 11 is 2.48. The second kappa shape index (κ2) is 8.51. The monoisotopic (exact) mass is 455 g/mol. The van der Waals surface area contributed by atoms with Crippen LogP contribution in [0.5, 0.6) is 0 Å². The van der Waals surface area contributed by atoms with Gasteiger partial charge in [0.15, 0.2) is 15.0 Å². The van der Waals surface area contributed by atoms with Gasteiger partial charge < -0.3 is 5.32 Å². The lowest BCUT2D eigenvalue weighted by Gasteiger charge is -2.04. The number of rotatable bonds is 6. The molecule has 0 atom stereocenters. The lowest BCUT2D eigenvalue weighted by molar-refractivity contribution is 0.252. The average Bonchev–Trinajstić information content (AvgIpc) is 3.19. The van der Waals surface area contributed by atoms with Crippen LogP contribution in [0.25, 0.3) is 10.4 Å². The minimum absolute atomic E-state index is 0.355. The molecule has 0 unspecified atom stereocenters. The fraction of sp³-hybridized carbons (Fsp3) is 0.294. The first-order valence-electron chi connectivity index (χ1n) is 8.45. The third-order valence-electron chi connectivity index (χ3n) is 3.80. The standard InChI is InChI=1S/C17H18FN5O3S3/c1-9-15(11-4-5-13(12(18)8-11)29(3,25)26)27-17(20-9)22-16(24)19-7-6-14-21-10(2)23-28-14/h4-5,8H,6-7H2,1-3H3,(H2,19,20,22,24). The van der Waals surface area contributed by atoms with Gasteiger partial charge in [-0.3, -0.25) is 5.32 Å². The van der Waals surface area contributed by atoms with Gasteiger partial charge in [0, 0.05) is 19.2 Å². The molecule has 2 amide bonds. The lowest BCUT2D eigenvalue weighted by atomic mass is 10.1. The summed E-state index contributed by atoms with van der Waals surface area (Å²) in [5.41, 5.74) is 1.09. The number of sulfone groups is 1. The minimum atomic E-state index is -3.64. The Morgan fingerprint density at radius 3 is 2.62 bits per heavy atom. The molecule has 29 heavy (non-hydrogen) atoms. The summed E-state index contributed by atoms with van der Waals surface area (Å²) in [6, 6.07) is 3.50. The van der Waals surface area contributed by atoms with Gasteiger partial charge >= 0.3 is 6.03 Å². The maximum atomic E-state index is 14.2. The Morgan fingerprint density at radius 2 is 2.00 bits per heavy atom. The Hall–Kier alpha value is -2.44. The molecular formula is C17H18FN5O3S3. The molecule has 0 spiro atoms. The van der Waals surface area contributed by atoms with Crippen molar-refractivity contribution in [2.75, 3.05) is 18.1 Å². The number of amides is 2. The largest absolute Gasteiger partial charge is 0.337 e. The summed E-state index contributed by atoms with van der Waals surface area (Å²) < 4.78 is 41.4. The van der Waals surface area contributed by atoms with Crippen LogP contribution in [-0.2, 0) is 16.3 Å². The van der Waals surface area contributed by atoms with Crippen LogP contribution in [0.3, 0.4) is 0 Å². The molecule has 0 aliphatic carbocycles. The van der Waals surface area contributed by atoms with E-state index in [1.807, 2.05) is 6.92 Å². The molecule has 8 nitrogen and oxygen atoms in total. The van der Waals surface area contributed by atoms with Gasteiger partial charge in [-0.15, -0.1) is 0 Å². The summed E-state index contributed by atoms with van der Waals surface area (Å²) in [4.78, 5) is 20.9. The van der Waals surface area contributed by atoms with E-state index in [4.69, 9.17) is 0 Å². The number of benzene rings is 1. The molecule has 1 aromatic carbocycles. The zero-order valence-corrected chi connectivity index (χ0v) is 18.3. The molecule has 2 heterocycles. The number of carbonyl (C=O) groups excluding carboxylic acids is 1. The first-order valence-corrected chi connectivity index (χ1v) is 11.9. The molecule has 2 aromatic heterocycles. The van der Waals surface area contributed by atoms with Crippen molar-refractivity contribution in [3.8, 4) is 10.4 Å². The number of nitrogens with one attached hydrogen (secondary N) is 2. The normalized spacial score (nSPS) is 11.4. The number of hydrogen-bond acceptors (Lipinski definition) is 8. The molecule has 3 aromatic rings. The quantitative estimate of drug-likeness (QED) is 0.590. The maximum Gasteiger partial charge on any atom is 0.321 e. The fourth-order valence-electron chi connectivity index (χ4n) is 2.53. The molecule has 2 N–H and O–H groups in total. The predicted octanol–water partition coefficient (Wildman–Crippen LogP) is 3.19. The summed E-state index contributed by atoms with van der Waals surface area (Å²) in [5.74, 6) is -0.113. The molecule has 3 rings (SSSR count). The number of thiazole rings is 1. The van der Waals surface area contributed by atoms with Gasteiger partial charge in [0.25, 0.3) is 0 Å². The third kappa shape index (κ3) is 5.34. The van der Waals surface area contributed by atoms with Crippen LogP contribution in [0, 0.1) is 19.7 Å². The van der Waals surface area contributed by atoms with Crippen LogP contribution in [0.4, 0.5) is 14.3 Å². The van der Waals surface area contributed by atoms with E-state index in [0.717, 1.165) is 17.3 Å². The van der Waals surface area contributed by atoms with E-state index in [-0.39, 0.29) is 4.90 Å². The van der Waals surface area contributed by atoms with Crippen molar-refractivity contribution in [3.05, 3.63) is 40.5 Å². The summed E-state index contributed by atoms with van der Waals surface area (Å²) in [6.07, 6.45) is 1.53. The number of aryl methyl sites for hydroxylation is 2. The van der Waals surface area contributed by atoms with Crippen LogP contribution >= 0.6 is 22.9 Å². The molecule has 0 saturated heterocycles. The highest BCUT2D eigenvalue weighted by atomic mass is 32.2. The van der Waals surface area contributed by atoms with Crippen LogP contribution in [0.15, 0.2) is 23.1 Å². The SMILES string of the molecule is Cc1nsc(CCNC(=O)Nc2nc(C)c(-c3ccc(S(C)(=O)=O)c(F)c3)s2)n1. The molecular weight excluding hydrogens is 437 g/mol. The summed E-state index contributed by atoms with van der Waals surface area (Å²) in [7, 11) is -3.64. The van der Waals surface area contributed by atoms with Gasteiger partial charge in [0.2, 0.25) is 0 Å². The smallest absolute Gasteiger partial charge is 0.321 e. The first kappa shape index (κ1) is 21.3. The zero-order chi connectivity index (χ0) is 21.2. The van der Waals surface area contributed by atoms with Gasteiger partial charge in [0.05, 0.1) is 10.6 Å². The Bertz CT molecular complexity index is 1160. The molecule has 0 radical (unpaired) electrons. The van der Waals surface area contributed by atoms with Crippen LogP contribution in [0.2, 0.25) is 0 Å². The highest BCUT2D eigenvalue weighted by Crippen LogP contribution is 2.34. The van der Waals surface area contributed by atoms with E-state index in [1.54, 1.807) is 6.92 Å². The molecule has 12 heteroatoms. The van der Waals surface area contributed by atoms with Gasteiger partial charge in [-0.05, 0) is 43.1 Å². The second-order valence-electron chi connectivity index (χ2n) is 6.22. The lowest BCUT2D eigenvalue weighted by Crippen LogP contribution is -2.30. The van der Waals surface area contributed by atoms with Crippen molar-refractivity contribution in [1.82, 2.24) is 19.7 Å². The van der Waals surface area contributed by atoms with E-state index in [0.29, 0.717) is 40.1 Å². The number of urea groups is 1. The predicted molar refractivity (Wildman–Crippen MR) is 111 cm³/mol. The maximum absolute atomic E-state index is 14.2. The van der Waals surface area contributed by atoms with E-state index >= 15 is 0 Å². The minimum Gasteiger partial charge on any atom is -0.337 e. The zero-order valence-electron chi connectivity index (χ0n) is 15.8. The molecule has 154 valence electrons. The highest BCUT2D eigenvalue weighted by molar-refractivity contribution is 7.90. The van der Waals surface area contributed by atoms with Crippen molar-refractivity contribution in [3.63, 3.8) is 0 Å². The number of hydrogen-bond donors (Lipinski definition) is 2. The number of carbonyl (C=O) groups is 1. The fourth-order valence-corrected chi connectivity index (χ4v) is 4.86. The van der Waals surface area contributed by atoms with Crippen molar-refractivity contribution in [1.29, 1.82) is 0 Å². The van der Waals surface area contributed by atoms with Gasteiger partial charge in [-0.2, -0.15) is 4.37 Å². The number of nitrogens with zero attached hydrogens (tertiary/aromatic N) is 3. The van der Waals surface area contributed by atoms with E-state index in [1.165, 1.54) is 35.0 Å². The number of aromatic nitrogens is 3. The van der Waals surface area contributed by atoms with Gasteiger partial charge in [-0.1, -0.05) is 17.4 Å². The number of halogens is 1. The van der Waals surface area contributed by atoms with E-state index in [2.05, 4.69) is 25.0 Å². The van der Waals surface area contributed by atoms with Crippen molar-refractivity contribution in [2.45, 2.75) is 25.2 Å². The average molecular weight is 456 g/mol. The van der Waals surface area contributed by atoms with E-state index in [9.17, 15) is 17.6 Å². The van der Waals surface area contributed by atoms with Crippen LogP contribution in [-0.4, -0.2) is 41.6 Å². The van der Waals surface area contributed by atoms with Crippen LogP contribution < -0.4 is 10.6 Å². The Morgan fingerprint density at radius 1 is 1.24 bits per heavy atom. The summed E-state index contributed by atoms with van der Waals surface area (Å²) in [6.45, 7) is 3.94. The van der Waals surface area contributed by atoms with Crippen molar-refractivity contribution < 1.29 is 17.6 Å². The topological polar surface area (TPSA) is 114 Å². The van der Waals surface area contributed by atoms with Crippen molar-refractivity contribution >= 4 is 43.9 Å². The molecule has 0 aliphatic rings. The van der Waals surface area contributed by atoms with E-state index < -0.39 is 21.7 Å². The Kier molecular flexibility index (Phi) is 6.24. The highest BCUT2D eigenvalue weighted by Gasteiger charge is 2.17. The Balaban J connectivity index is 1.65. The second-order valence-corrected chi connectivity index (χ2v) is 10.0. The van der Waals surface area contributed by atoms with Crippen molar-refractivity contribution in [2.24, 2.45) is 0 Å². The van der Waals surface area contributed by atoms with Gasteiger partial charge in [0.1, 0.15) is 21.5 Å². The molecule has 0 aliphatic heterocycles. The molecule has 0 bridgehead atoms. The van der Waals surface area contributed by atoms with Crippen LogP contribution in [0.1, 0.15) is 16.5 Å². The summed E-state index contributed by atoms with van der Waals surface area (Å²) in [5, 5.41) is 6.57. The molecule has 0 fully saturated rings. The molecule has 0 saturated carbocycles.